The molecule has 2 unspecified atom stereocenters. The van der Waals surface area contributed by atoms with Crippen molar-refractivity contribution in [3.05, 3.63) is 23.8 Å². The second kappa shape index (κ2) is 7.31. The standard InChI is InChI=1S/C16H24N2O3/c1-11-7-8-17-9-12(11)10-18-16(19)15-13(20-2)5-4-6-14(15)21-3/h4-6,11-12,17H,7-10H2,1-3H3,(H,18,19). The van der Waals surface area contributed by atoms with E-state index in [0.29, 0.717) is 35.4 Å². The average molecular weight is 292 g/mol. The average Bonchev–Trinajstić information content (AvgIpc) is 2.52. The fraction of sp³-hybridized carbons (Fsp3) is 0.562. The summed E-state index contributed by atoms with van der Waals surface area (Å²) in [6.07, 6.45) is 1.15. The lowest BCUT2D eigenvalue weighted by Gasteiger charge is -2.29. The summed E-state index contributed by atoms with van der Waals surface area (Å²) in [5.41, 5.74) is 0.457. The first-order valence-electron chi connectivity index (χ1n) is 7.37. The number of benzene rings is 1. The zero-order chi connectivity index (χ0) is 15.2. The first-order valence-corrected chi connectivity index (χ1v) is 7.37. The van der Waals surface area contributed by atoms with Crippen LogP contribution in [-0.2, 0) is 0 Å². The van der Waals surface area contributed by atoms with Gasteiger partial charge in [-0.15, -0.1) is 0 Å². The van der Waals surface area contributed by atoms with Gasteiger partial charge in [0.1, 0.15) is 17.1 Å². The van der Waals surface area contributed by atoms with Crippen LogP contribution in [0.4, 0.5) is 0 Å². The van der Waals surface area contributed by atoms with Crippen molar-refractivity contribution in [2.75, 3.05) is 33.9 Å². The van der Waals surface area contributed by atoms with Gasteiger partial charge in [-0.3, -0.25) is 4.79 Å². The van der Waals surface area contributed by atoms with Crippen molar-refractivity contribution >= 4 is 5.91 Å². The quantitative estimate of drug-likeness (QED) is 0.867. The second-order valence-corrected chi connectivity index (χ2v) is 5.48. The zero-order valence-electron chi connectivity index (χ0n) is 12.9. The topological polar surface area (TPSA) is 59.6 Å². The van der Waals surface area contributed by atoms with E-state index in [-0.39, 0.29) is 5.91 Å². The molecule has 0 aromatic heterocycles. The predicted molar refractivity (Wildman–Crippen MR) is 82.0 cm³/mol. The van der Waals surface area contributed by atoms with Gasteiger partial charge in [0.05, 0.1) is 14.2 Å². The highest BCUT2D eigenvalue weighted by Gasteiger charge is 2.23. The van der Waals surface area contributed by atoms with Crippen LogP contribution in [0.1, 0.15) is 23.7 Å². The van der Waals surface area contributed by atoms with Gasteiger partial charge in [0.2, 0.25) is 0 Å². The molecule has 116 valence electrons. The van der Waals surface area contributed by atoms with Crippen molar-refractivity contribution < 1.29 is 14.3 Å². The van der Waals surface area contributed by atoms with Gasteiger partial charge in [-0.05, 0) is 43.5 Å². The van der Waals surface area contributed by atoms with Gasteiger partial charge < -0.3 is 20.1 Å². The lowest BCUT2D eigenvalue weighted by atomic mass is 9.88. The van der Waals surface area contributed by atoms with Crippen LogP contribution in [0, 0.1) is 11.8 Å². The van der Waals surface area contributed by atoms with E-state index >= 15 is 0 Å². The van der Waals surface area contributed by atoms with Gasteiger partial charge in [0.25, 0.3) is 5.91 Å². The van der Waals surface area contributed by atoms with Crippen LogP contribution in [-0.4, -0.2) is 39.8 Å². The van der Waals surface area contributed by atoms with E-state index in [0.717, 1.165) is 19.5 Å². The lowest BCUT2D eigenvalue weighted by molar-refractivity contribution is 0.0932. The maximum Gasteiger partial charge on any atom is 0.258 e. The third-order valence-electron chi connectivity index (χ3n) is 4.17. The molecule has 0 spiro atoms. The van der Waals surface area contributed by atoms with Gasteiger partial charge in [-0.2, -0.15) is 0 Å². The Bertz CT molecular complexity index is 468. The summed E-state index contributed by atoms with van der Waals surface area (Å²) in [7, 11) is 3.11. The van der Waals surface area contributed by atoms with Crippen LogP contribution >= 0.6 is 0 Å². The Labute approximate surface area is 126 Å². The van der Waals surface area contributed by atoms with E-state index in [1.807, 2.05) is 6.07 Å². The minimum atomic E-state index is -0.151. The second-order valence-electron chi connectivity index (χ2n) is 5.48. The lowest BCUT2D eigenvalue weighted by Crippen LogP contribution is -2.42. The molecule has 21 heavy (non-hydrogen) atoms. The smallest absolute Gasteiger partial charge is 0.258 e. The van der Waals surface area contributed by atoms with Gasteiger partial charge >= 0.3 is 0 Å². The van der Waals surface area contributed by atoms with E-state index in [1.54, 1.807) is 26.4 Å². The Kier molecular flexibility index (Phi) is 5.44. The molecule has 1 heterocycles. The van der Waals surface area contributed by atoms with Crippen molar-refractivity contribution in [3.63, 3.8) is 0 Å². The number of piperidine rings is 1. The highest BCUT2D eigenvalue weighted by atomic mass is 16.5. The summed E-state index contributed by atoms with van der Waals surface area (Å²) < 4.78 is 10.5. The van der Waals surface area contributed by atoms with Crippen molar-refractivity contribution in [2.45, 2.75) is 13.3 Å². The van der Waals surface area contributed by atoms with E-state index in [1.165, 1.54) is 0 Å². The molecule has 2 rings (SSSR count). The van der Waals surface area contributed by atoms with E-state index in [4.69, 9.17) is 9.47 Å². The van der Waals surface area contributed by atoms with Crippen LogP contribution in [0.25, 0.3) is 0 Å². The maximum absolute atomic E-state index is 12.5. The molecule has 0 radical (unpaired) electrons. The molecular formula is C16H24N2O3. The Morgan fingerprint density at radius 2 is 2.00 bits per heavy atom. The van der Waals surface area contributed by atoms with Gasteiger partial charge in [-0.1, -0.05) is 13.0 Å². The summed E-state index contributed by atoms with van der Waals surface area (Å²) in [5, 5.41) is 6.38. The summed E-state index contributed by atoms with van der Waals surface area (Å²) >= 11 is 0. The third kappa shape index (κ3) is 3.67. The number of carbonyl (C=O) groups is 1. The number of carbonyl (C=O) groups excluding carboxylic acids is 1. The molecule has 2 atom stereocenters. The minimum absolute atomic E-state index is 0.151. The largest absolute Gasteiger partial charge is 0.496 e. The molecule has 1 aliphatic rings. The molecule has 1 fully saturated rings. The van der Waals surface area contributed by atoms with Crippen molar-refractivity contribution in [2.24, 2.45) is 11.8 Å². The highest BCUT2D eigenvalue weighted by molar-refractivity contribution is 5.99. The molecular weight excluding hydrogens is 268 g/mol. The first-order chi connectivity index (χ1) is 10.2. The number of methoxy groups -OCH3 is 2. The van der Waals surface area contributed by atoms with E-state index in [9.17, 15) is 4.79 Å². The predicted octanol–water partition coefficient (Wildman–Crippen LogP) is 1.68. The molecule has 2 N–H and O–H groups in total. The molecule has 5 nitrogen and oxygen atoms in total. The van der Waals surface area contributed by atoms with Crippen molar-refractivity contribution in [1.29, 1.82) is 0 Å². The number of amides is 1. The molecule has 1 aromatic rings. The van der Waals surface area contributed by atoms with Crippen LogP contribution in [0.3, 0.4) is 0 Å². The fourth-order valence-electron chi connectivity index (χ4n) is 2.71. The number of ether oxygens (including phenoxy) is 2. The Hall–Kier alpha value is -1.75. The van der Waals surface area contributed by atoms with Gasteiger partial charge in [0, 0.05) is 6.54 Å². The maximum atomic E-state index is 12.5. The summed E-state index contributed by atoms with van der Waals surface area (Å²) in [5.74, 6) is 1.99. The minimum Gasteiger partial charge on any atom is -0.496 e. The van der Waals surface area contributed by atoms with Crippen molar-refractivity contribution in [1.82, 2.24) is 10.6 Å². The molecule has 0 aliphatic carbocycles. The molecule has 0 saturated carbocycles. The summed E-state index contributed by atoms with van der Waals surface area (Å²) in [6, 6.07) is 5.34. The Morgan fingerprint density at radius 3 is 2.57 bits per heavy atom. The molecule has 0 bridgehead atoms. The van der Waals surface area contributed by atoms with Crippen LogP contribution in [0.5, 0.6) is 11.5 Å². The van der Waals surface area contributed by atoms with Crippen LogP contribution < -0.4 is 20.1 Å². The molecule has 1 amide bonds. The fourth-order valence-corrected chi connectivity index (χ4v) is 2.71. The van der Waals surface area contributed by atoms with Gasteiger partial charge in [-0.25, -0.2) is 0 Å². The number of rotatable bonds is 5. The van der Waals surface area contributed by atoms with Gasteiger partial charge in [0.15, 0.2) is 0 Å². The molecule has 5 heteroatoms. The number of hydrogen-bond donors (Lipinski definition) is 2. The van der Waals surface area contributed by atoms with E-state index < -0.39 is 0 Å². The molecule has 1 aromatic carbocycles. The monoisotopic (exact) mass is 292 g/mol. The molecule has 1 saturated heterocycles. The van der Waals surface area contributed by atoms with Crippen LogP contribution in [0.15, 0.2) is 18.2 Å². The third-order valence-corrected chi connectivity index (χ3v) is 4.17. The Balaban J connectivity index is 2.06. The van der Waals surface area contributed by atoms with E-state index in [2.05, 4.69) is 17.6 Å². The van der Waals surface area contributed by atoms with Crippen LogP contribution in [0.2, 0.25) is 0 Å². The Morgan fingerprint density at radius 1 is 1.33 bits per heavy atom. The SMILES string of the molecule is COc1cccc(OC)c1C(=O)NCC1CNCCC1C. The normalized spacial score (nSPS) is 21.7. The highest BCUT2D eigenvalue weighted by Crippen LogP contribution is 2.28. The first kappa shape index (κ1) is 15.6. The zero-order valence-corrected chi connectivity index (χ0v) is 12.9. The molecule has 1 aliphatic heterocycles. The summed E-state index contributed by atoms with van der Waals surface area (Å²) in [6.45, 7) is 4.91. The number of hydrogen-bond acceptors (Lipinski definition) is 4. The number of nitrogens with one attached hydrogen (secondary N) is 2. The van der Waals surface area contributed by atoms with Crippen molar-refractivity contribution in [3.8, 4) is 11.5 Å². The summed E-state index contributed by atoms with van der Waals surface area (Å²) in [4.78, 5) is 12.5.